The van der Waals surface area contributed by atoms with Crippen molar-refractivity contribution in [3.8, 4) is 0 Å². The third-order valence-electron chi connectivity index (χ3n) is 2.96. The summed E-state index contributed by atoms with van der Waals surface area (Å²) < 4.78 is 13.8. The summed E-state index contributed by atoms with van der Waals surface area (Å²) in [5.41, 5.74) is 3.86. The second-order valence-electron chi connectivity index (χ2n) is 4.42. The fourth-order valence-electron chi connectivity index (χ4n) is 2.02. The monoisotopic (exact) mass is 275 g/mol. The normalized spacial score (nSPS) is 10.4. The summed E-state index contributed by atoms with van der Waals surface area (Å²) in [6.07, 6.45) is 0. The molecule has 0 spiro atoms. The van der Waals surface area contributed by atoms with E-state index in [2.05, 4.69) is 15.4 Å². The number of halogens is 1. The number of anilines is 2. The van der Waals surface area contributed by atoms with Gasteiger partial charge in [0, 0.05) is 18.3 Å². The van der Waals surface area contributed by atoms with E-state index in [1.54, 1.807) is 18.2 Å². The quantitative estimate of drug-likeness (QED) is 0.647. The highest BCUT2D eigenvalue weighted by Gasteiger charge is 2.12. The molecule has 0 fully saturated rings. The molecule has 0 aliphatic carbocycles. The molecule has 0 amide bonds. The molecule has 0 radical (unpaired) electrons. The van der Waals surface area contributed by atoms with E-state index in [-0.39, 0.29) is 5.82 Å². The van der Waals surface area contributed by atoms with Crippen molar-refractivity contribution in [3.63, 3.8) is 0 Å². The predicted octanol–water partition coefficient (Wildman–Crippen LogP) is 2.24. The molecule has 5 nitrogen and oxygen atoms in total. The smallest absolute Gasteiger partial charge is 0.150 e. The van der Waals surface area contributed by atoms with Gasteiger partial charge in [-0.05, 0) is 26.0 Å². The Morgan fingerprint density at radius 1 is 1.30 bits per heavy atom. The minimum Gasteiger partial charge on any atom is -0.362 e. The standard InChI is InChI=1S/C14H18FN5/c1-3-20(12-7-5-4-6-11(12)15)9-14-17-10(2)8-13(18-14)19-16/h4-8H,3,9,16H2,1-2H3,(H,17,18,19). The zero-order chi connectivity index (χ0) is 14.5. The van der Waals surface area contributed by atoms with Crippen molar-refractivity contribution in [1.29, 1.82) is 0 Å². The largest absolute Gasteiger partial charge is 0.362 e. The molecular formula is C14H18FN5. The SMILES string of the molecule is CCN(Cc1nc(C)cc(NN)n1)c1ccccc1F. The van der Waals surface area contributed by atoms with Gasteiger partial charge in [-0.2, -0.15) is 0 Å². The molecule has 0 bridgehead atoms. The van der Waals surface area contributed by atoms with E-state index < -0.39 is 0 Å². The summed E-state index contributed by atoms with van der Waals surface area (Å²) in [5, 5.41) is 0. The molecule has 20 heavy (non-hydrogen) atoms. The van der Waals surface area contributed by atoms with Gasteiger partial charge in [0.1, 0.15) is 17.5 Å². The topological polar surface area (TPSA) is 67.1 Å². The second kappa shape index (κ2) is 6.29. The van der Waals surface area contributed by atoms with Crippen LogP contribution < -0.4 is 16.2 Å². The van der Waals surface area contributed by atoms with Gasteiger partial charge in [0.25, 0.3) is 0 Å². The van der Waals surface area contributed by atoms with Crippen LogP contribution in [0.3, 0.4) is 0 Å². The average molecular weight is 275 g/mol. The van der Waals surface area contributed by atoms with Crippen molar-refractivity contribution in [2.75, 3.05) is 16.9 Å². The van der Waals surface area contributed by atoms with Crippen LogP contribution in [-0.4, -0.2) is 16.5 Å². The third kappa shape index (κ3) is 3.21. The lowest BCUT2D eigenvalue weighted by atomic mass is 10.2. The van der Waals surface area contributed by atoms with E-state index >= 15 is 0 Å². The van der Waals surface area contributed by atoms with E-state index in [4.69, 9.17) is 5.84 Å². The highest BCUT2D eigenvalue weighted by Crippen LogP contribution is 2.20. The first kappa shape index (κ1) is 14.2. The molecule has 0 aliphatic rings. The zero-order valence-electron chi connectivity index (χ0n) is 11.6. The van der Waals surface area contributed by atoms with E-state index in [0.29, 0.717) is 30.4 Å². The van der Waals surface area contributed by atoms with Gasteiger partial charge in [0.05, 0.1) is 12.2 Å². The molecule has 6 heteroatoms. The van der Waals surface area contributed by atoms with E-state index in [1.807, 2.05) is 24.8 Å². The number of hydrogen-bond acceptors (Lipinski definition) is 5. The Balaban J connectivity index is 2.27. The summed E-state index contributed by atoms with van der Waals surface area (Å²) in [4.78, 5) is 10.5. The van der Waals surface area contributed by atoms with Gasteiger partial charge in [-0.15, -0.1) is 0 Å². The van der Waals surface area contributed by atoms with Crippen molar-refractivity contribution in [2.24, 2.45) is 5.84 Å². The lowest BCUT2D eigenvalue weighted by Gasteiger charge is -2.23. The number of nitrogens with two attached hydrogens (primary N) is 1. The van der Waals surface area contributed by atoms with Crippen LogP contribution >= 0.6 is 0 Å². The second-order valence-corrected chi connectivity index (χ2v) is 4.42. The number of nitrogens with zero attached hydrogens (tertiary/aromatic N) is 3. The van der Waals surface area contributed by atoms with Gasteiger partial charge in [-0.1, -0.05) is 12.1 Å². The molecule has 1 aromatic heterocycles. The number of aryl methyl sites for hydroxylation is 1. The number of para-hydroxylation sites is 1. The predicted molar refractivity (Wildman–Crippen MR) is 77.7 cm³/mol. The number of nitrogens with one attached hydrogen (secondary N) is 1. The number of nitrogen functional groups attached to an aromatic ring is 1. The highest BCUT2D eigenvalue weighted by molar-refractivity contribution is 5.47. The van der Waals surface area contributed by atoms with Gasteiger partial charge in [0.15, 0.2) is 0 Å². The molecule has 106 valence electrons. The fraction of sp³-hybridized carbons (Fsp3) is 0.286. The van der Waals surface area contributed by atoms with E-state index in [9.17, 15) is 4.39 Å². The zero-order valence-corrected chi connectivity index (χ0v) is 11.6. The lowest BCUT2D eigenvalue weighted by Crippen LogP contribution is -2.25. The summed E-state index contributed by atoms with van der Waals surface area (Å²) >= 11 is 0. The summed E-state index contributed by atoms with van der Waals surface area (Å²) in [5.74, 6) is 6.27. The Morgan fingerprint density at radius 3 is 2.70 bits per heavy atom. The molecule has 1 heterocycles. The van der Waals surface area contributed by atoms with Gasteiger partial charge in [0.2, 0.25) is 0 Å². The van der Waals surface area contributed by atoms with Crippen LogP contribution in [0.2, 0.25) is 0 Å². The van der Waals surface area contributed by atoms with Crippen molar-refractivity contribution >= 4 is 11.5 Å². The maximum atomic E-state index is 13.8. The van der Waals surface area contributed by atoms with Crippen LogP contribution in [0.15, 0.2) is 30.3 Å². The molecule has 0 aliphatic heterocycles. The van der Waals surface area contributed by atoms with Gasteiger partial charge in [-0.25, -0.2) is 20.2 Å². The summed E-state index contributed by atoms with van der Waals surface area (Å²) in [6.45, 7) is 4.91. The molecular weight excluding hydrogens is 257 g/mol. The molecule has 0 saturated carbocycles. The summed E-state index contributed by atoms with van der Waals surface area (Å²) in [6, 6.07) is 8.43. The van der Waals surface area contributed by atoms with Gasteiger partial charge >= 0.3 is 0 Å². The summed E-state index contributed by atoms with van der Waals surface area (Å²) in [7, 11) is 0. The van der Waals surface area contributed by atoms with Crippen molar-refractivity contribution in [3.05, 3.63) is 47.7 Å². The van der Waals surface area contributed by atoms with Gasteiger partial charge in [-0.3, -0.25) is 0 Å². The number of aromatic nitrogens is 2. The van der Waals surface area contributed by atoms with Crippen LogP contribution in [0.5, 0.6) is 0 Å². The molecule has 1 aromatic carbocycles. The van der Waals surface area contributed by atoms with Crippen LogP contribution in [0.1, 0.15) is 18.4 Å². The molecule has 0 atom stereocenters. The molecule has 3 N–H and O–H groups in total. The Morgan fingerprint density at radius 2 is 2.05 bits per heavy atom. The van der Waals surface area contributed by atoms with Crippen molar-refractivity contribution < 1.29 is 4.39 Å². The first-order valence-corrected chi connectivity index (χ1v) is 6.44. The van der Waals surface area contributed by atoms with Crippen LogP contribution in [0.25, 0.3) is 0 Å². The first-order valence-electron chi connectivity index (χ1n) is 6.44. The molecule has 0 saturated heterocycles. The lowest BCUT2D eigenvalue weighted by molar-refractivity contribution is 0.615. The fourth-order valence-corrected chi connectivity index (χ4v) is 2.02. The Labute approximate surface area is 117 Å². The number of hydrazine groups is 1. The van der Waals surface area contributed by atoms with Gasteiger partial charge < -0.3 is 10.3 Å². The Kier molecular flexibility index (Phi) is 4.47. The first-order chi connectivity index (χ1) is 9.63. The minimum absolute atomic E-state index is 0.251. The number of rotatable bonds is 5. The maximum Gasteiger partial charge on any atom is 0.150 e. The van der Waals surface area contributed by atoms with Crippen LogP contribution in [0.4, 0.5) is 15.9 Å². The number of hydrogen-bond donors (Lipinski definition) is 2. The van der Waals surface area contributed by atoms with Crippen molar-refractivity contribution in [2.45, 2.75) is 20.4 Å². The average Bonchev–Trinajstić information content (AvgIpc) is 2.45. The molecule has 2 rings (SSSR count). The van der Waals surface area contributed by atoms with Crippen LogP contribution in [0, 0.1) is 12.7 Å². The van der Waals surface area contributed by atoms with Crippen LogP contribution in [-0.2, 0) is 6.54 Å². The molecule has 0 unspecified atom stereocenters. The number of benzene rings is 1. The highest BCUT2D eigenvalue weighted by atomic mass is 19.1. The maximum absolute atomic E-state index is 13.8. The van der Waals surface area contributed by atoms with Crippen molar-refractivity contribution in [1.82, 2.24) is 9.97 Å². The van der Waals surface area contributed by atoms with E-state index in [1.165, 1.54) is 6.07 Å². The Bertz CT molecular complexity index is 588. The third-order valence-corrected chi connectivity index (χ3v) is 2.96. The minimum atomic E-state index is -0.251. The van der Waals surface area contributed by atoms with E-state index in [0.717, 1.165) is 5.69 Å². The molecule has 2 aromatic rings. The Hall–Kier alpha value is -2.21.